The SMILES string of the molecule is CNCCCNC(=O)c1cc(C)nc2cc(Br)ccc12. The fraction of sp³-hybridized carbons (Fsp3) is 0.333. The van der Waals surface area contributed by atoms with Crippen molar-refractivity contribution in [2.45, 2.75) is 13.3 Å². The predicted octanol–water partition coefficient (Wildman–Crippen LogP) is 2.65. The molecule has 2 aromatic rings. The molecule has 0 aliphatic heterocycles. The summed E-state index contributed by atoms with van der Waals surface area (Å²) in [7, 11) is 1.90. The molecule has 1 heterocycles. The first-order valence-corrected chi connectivity index (χ1v) is 7.41. The molecule has 2 N–H and O–H groups in total. The summed E-state index contributed by atoms with van der Waals surface area (Å²) >= 11 is 3.43. The Hall–Kier alpha value is -1.46. The number of pyridine rings is 1. The summed E-state index contributed by atoms with van der Waals surface area (Å²) in [5, 5.41) is 6.89. The van der Waals surface area contributed by atoms with Crippen LogP contribution in [-0.4, -0.2) is 31.0 Å². The highest BCUT2D eigenvalue weighted by Crippen LogP contribution is 2.22. The molecule has 0 radical (unpaired) electrons. The molecule has 0 bridgehead atoms. The lowest BCUT2D eigenvalue weighted by Crippen LogP contribution is -2.26. The number of aromatic nitrogens is 1. The summed E-state index contributed by atoms with van der Waals surface area (Å²) in [5.74, 6) is -0.0427. The molecule has 0 atom stereocenters. The number of hydrogen-bond donors (Lipinski definition) is 2. The lowest BCUT2D eigenvalue weighted by molar-refractivity contribution is 0.0955. The molecule has 0 spiro atoms. The Kier molecular flexibility index (Phi) is 5.09. The zero-order valence-corrected chi connectivity index (χ0v) is 13.3. The molecule has 106 valence electrons. The van der Waals surface area contributed by atoms with E-state index in [1.807, 2.05) is 38.2 Å². The zero-order chi connectivity index (χ0) is 14.5. The van der Waals surface area contributed by atoms with Crippen molar-refractivity contribution >= 4 is 32.7 Å². The first kappa shape index (κ1) is 14.9. The maximum absolute atomic E-state index is 12.3. The average Bonchev–Trinajstić information content (AvgIpc) is 2.42. The maximum Gasteiger partial charge on any atom is 0.252 e. The van der Waals surface area contributed by atoms with Crippen molar-refractivity contribution in [3.63, 3.8) is 0 Å². The van der Waals surface area contributed by atoms with E-state index in [1.165, 1.54) is 0 Å². The smallest absolute Gasteiger partial charge is 0.252 e. The topological polar surface area (TPSA) is 54.0 Å². The average molecular weight is 336 g/mol. The molecule has 20 heavy (non-hydrogen) atoms. The maximum atomic E-state index is 12.3. The third kappa shape index (κ3) is 3.55. The molecular weight excluding hydrogens is 318 g/mol. The van der Waals surface area contributed by atoms with Gasteiger partial charge in [-0.25, -0.2) is 0 Å². The van der Waals surface area contributed by atoms with Gasteiger partial charge in [0.15, 0.2) is 0 Å². The molecular formula is C15H18BrN3O. The molecule has 1 aromatic carbocycles. The number of halogens is 1. The number of amides is 1. The number of aryl methyl sites for hydroxylation is 1. The second-order valence-corrected chi connectivity index (χ2v) is 5.60. The van der Waals surface area contributed by atoms with Crippen LogP contribution < -0.4 is 10.6 Å². The Morgan fingerprint density at radius 1 is 1.30 bits per heavy atom. The molecule has 5 heteroatoms. The number of nitrogens with zero attached hydrogens (tertiary/aromatic N) is 1. The molecule has 1 amide bonds. The fourth-order valence-electron chi connectivity index (χ4n) is 2.08. The van der Waals surface area contributed by atoms with Crippen molar-refractivity contribution in [1.29, 1.82) is 0 Å². The van der Waals surface area contributed by atoms with Crippen LogP contribution in [0, 0.1) is 6.92 Å². The molecule has 0 saturated heterocycles. The van der Waals surface area contributed by atoms with Gasteiger partial charge in [-0.3, -0.25) is 9.78 Å². The summed E-state index contributed by atoms with van der Waals surface area (Å²) in [6.07, 6.45) is 0.912. The molecule has 1 aromatic heterocycles. The minimum Gasteiger partial charge on any atom is -0.352 e. The quantitative estimate of drug-likeness (QED) is 0.826. The van der Waals surface area contributed by atoms with Crippen LogP contribution in [0.3, 0.4) is 0 Å². The van der Waals surface area contributed by atoms with E-state index in [9.17, 15) is 4.79 Å². The molecule has 0 aliphatic carbocycles. The summed E-state index contributed by atoms with van der Waals surface area (Å²) in [4.78, 5) is 16.8. The zero-order valence-electron chi connectivity index (χ0n) is 11.7. The lowest BCUT2D eigenvalue weighted by Gasteiger charge is -2.09. The first-order valence-electron chi connectivity index (χ1n) is 6.61. The second-order valence-electron chi connectivity index (χ2n) is 4.69. The van der Waals surface area contributed by atoms with Gasteiger partial charge in [0.25, 0.3) is 5.91 Å². The van der Waals surface area contributed by atoms with E-state index >= 15 is 0 Å². The lowest BCUT2D eigenvalue weighted by atomic mass is 10.1. The van der Waals surface area contributed by atoms with E-state index in [4.69, 9.17) is 0 Å². The summed E-state index contributed by atoms with van der Waals surface area (Å²) in [5.41, 5.74) is 2.36. The van der Waals surface area contributed by atoms with Crippen LogP contribution in [0.5, 0.6) is 0 Å². The highest BCUT2D eigenvalue weighted by atomic mass is 79.9. The van der Waals surface area contributed by atoms with Gasteiger partial charge in [-0.05, 0) is 45.1 Å². The van der Waals surface area contributed by atoms with Gasteiger partial charge < -0.3 is 10.6 Å². The van der Waals surface area contributed by atoms with Crippen molar-refractivity contribution in [3.8, 4) is 0 Å². The monoisotopic (exact) mass is 335 g/mol. The molecule has 0 aliphatic rings. The van der Waals surface area contributed by atoms with E-state index in [1.54, 1.807) is 0 Å². The predicted molar refractivity (Wildman–Crippen MR) is 85.1 cm³/mol. The van der Waals surface area contributed by atoms with Crippen LogP contribution in [0.2, 0.25) is 0 Å². The molecule has 4 nitrogen and oxygen atoms in total. The van der Waals surface area contributed by atoms with Gasteiger partial charge in [-0.1, -0.05) is 22.0 Å². The van der Waals surface area contributed by atoms with Crippen LogP contribution in [0.25, 0.3) is 10.9 Å². The fourth-order valence-corrected chi connectivity index (χ4v) is 2.43. The van der Waals surface area contributed by atoms with Gasteiger partial charge in [0.2, 0.25) is 0 Å². The van der Waals surface area contributed by atoms with E-state index in [0.717, 1.165) is 34.0 Å². The van der Waals surface area contributed by atoms with Crippen LogP contribution >= 0.6 is 15.9 Å². The standard InChI is InChI=1S/C15H18BrN3O/c1-10-8-13(15(20)18-7-3-6-17-2)12-5-4-11(16)9-14(12)19-10/h4-5,8-9,17H,3,6-7H2,1-2H3,(H,18,20). The van der Waals surface area contributed by atoms with Crippen LogP contribution in [-0.2, 0) is 0 Å². The highest BCUT2D eigenvalue weighted by molar-refractivity contribution is 9.10. The Labute approximate surface area is 127 Å². The Morgan fingerprint density at radius 3 is 2.85 bits per heavy atom. The van der Waals surface area contributed by atoms with Crippen LogP contribution in [0.15, 0.2) is 28.7 Å². The summed E-state index contributed by atoms with van der Waals surface area (Å²) in [6, 6.07) is 7.62. The summed E-state index contributed by atoms with van der Waals surface area (Å²) < 4.78 is 0.962. The van der Waals surface area contributed by atoms with E-state index in [-0.39, 0.29) is 5.91 Å². The van der Waals surface area contributed by atoms with Crippen molar-refractivity contribution in [2.24, 2.45) is 0 Å². The number of rotatable bonds is 5. The Balaban J connectivity index is 2.26. The van der Waals surface area contributed by atoms with Crippen molar-refractivity contribution < 1.29 is 4.79 Å². The van der Waals surface area contributed by atoms with E-state index < -0.39 is 0 Å². The first-order chi connectivity index (χ1) is 9.61. The van der Waals surface area contributed by atoms with Gasteiger partial charge in [0, 0.05) is 22.1 Å². The largest absolute Gasteiger partial charge is 0.352 e. The number of carbonyl (C=O) groups is 1. The van der Waals surface area contributed by atoms with Crippen molar-refractivity contribution in [1.82, 2.24) is 15.6 Å². The third-order valence-electron chi connectivity index (χ3n) is 3.03. The molecule has 2 rings (SSSR count). The normalized spacial score (nSPS) is 10.8. The molecule has 0 fully saturated rings. The number of nitrogens with one attached hydrogen (secondary N) is 2. The van der Waals surface area contributed by atoms with Gasteiger partial charge in [-0.2, -0.15) is 0 Å². The Morgan fingerprint density at radius 2 is 2.10 bits per heavy atom. The molecule has 0 unspecified atom stereocenters. The van der Waals surface area contributed by atoms with Gasteiger partial charge >= 0.3 is 0 Å². The Bertz CT molecular complexity index is 623. The van der Waals surface area contributed by atoms with E-state index in [0.29, 0.717) is 12.1 Å². The van der Waals surface area contributed by atoms with Gasteiger partial charge in [0.05, 0.1) is 11.1 Å². The minimum absolute atomic E-state index is 0.0427. The van der Waals surface area contributed by atoms with Crippen molar-refractivity contribution in [3.05, 3.63) is 40.0 Å². The minimum atomic E-state index is -0.0427. The van der Waals surface area contributed by atoms with Crippen molar-refractivity contribution in [2.75, 3.05) is 20.1 Å². The number of fused-ring (bicyclic) bond motifs is 1. The van der Waals surface area contributed by atoms with Gasteiger partial charge in [-0.15, -0.1) is 0 Å². The number of benzene rings is 1. The number of hydrogen-bond acceptors (Lipinski definition) is 3. The third-order valence-corrected chi connectivity index (χ3v) is 3.53. The second kappa shape index (κ2) is 6.81. The van der Waals surface area contributed by atoms with Crippen LogP contribution in [0.4, 0.5) is 0 Å². The highest BCUT2D eigenvalue weighted by Gasteiger charge is 2.11. The molecule has 0 saturated carbocycles. The number of carbonyl (C=O) groups excluding carboxylic acids is 1. The summed E-state index contributed by atoms with van der Waals surface area (Å²) in [6.45, 7) is 3.46. The van der Waals surface area contributed by atoms with E-state index in [2.05, 4.69) is 31.5 Å². The van der Waals surface area contributed by atoms with Crippen LogP contribution in [0.1, 0.15) is 22.5 Å². The van der Waals surface area contributed by atoms with Gasteiger partial charge in [0.1, 0.15) is 0 Å².